The summed E-state index contributed by atoms with van der Waals surface area (Å²) in [6.45, 7) is 6.88. The number of piperidine rings is 1. The van der Waals surface area contributed by atoms with E-state index in [0.29, 0.717) is 0 Å². The largest absolute Gasteiger partial charge is 0.514 e. The maximum absolute atomic E-state index is 11.6. The summed E-state index contributed by atoms with van der Waals surface area (Å²) in [4.78, 5) is 23.0. The van der Waals surface area contributed by atoms with Gasteiger partial charge in [0.05, 0.1) is 12.6 Å². The molecule has 1 aliphatic heterocycles. The number of aliphatic hydroxyl groups excluding tert-OH is 1. The molecule has 18 heavy (non-hydrogen) atoms. The zero-order chi connectivity index (χ0) is 14.4. The van der Waals surface area contributed by atoms with Crippen molar-refractivity contribution in [2.75, 3.05) is 13.1 Å². The Balaban J connectivity index is 3.27. The number of quaternary nitrogens is 1. The van der Waals surface area contributed by atoms with Crippen molar-refractivity contribution in [1.82, 2.24) is 0 Å². The molecule has 1 amide bonds. The fourth-order valence-corrected chi connectivity index (χ4v) is 2.64. The Morgan fingerprint density at radius 1 is 1.28 bits per heavy atom. The number of rotatable bonds is 1. The molecule has 104 valence electrons. The molecule has 1 fully saturated rings. The van der Waals surface area contributed by atoms with Gasteiger partial charge in [-0.25, -0.2) is 4.48 Å². The average Bonchev–Trinajstić information content (AvgIpc) is 2.19. The first-order valence-electron chi connectivity index (χ1n) is 5.99. The second kappa shape index (κ2) is 4.20. The van der Waals surface area contributed by atoms with Crippen LogP contribution in [0.5, 0.6) is 0 Å². The highest BCUT2D eigenvalue weighted by Gasteiger charge is 2.60. The summed E-state index contributed by atoms with van der Waals surface area (Å²) in [6, 6.07) is 0. The van der Waals surface area contributed by atoms with Crippen LogP contribution in [0.1, 0.15) is 34.1 Å². The number of likely N-dealkylation sites (tertiary alicyclic amines) is 1. The summed E-state index contributed by atoms with van der Waals surface area (Å²) in [6.07, 6.45) is -1.88. The highest BCUT2D eigenvalue weighted by molar-refractivity contribution is 5.75. The van der Waals surface area contributed by atoms with Gasteiger partial charge < -0.3 is 15.3 Å². The Hall–Kier alpha value is -1.14. The van der Waals surface area contributed by atoms with E-state index < -0.39 is 29.1 Å². The highest BCUT2D eigenvalue weighted by Crippen LogP contribution is 2.39. The fraction of sp³-hybridized carbons (Fsp3) is 0.833. The topological polar surface area (TPSA) is 94.8 Å². The van der Waals surface area contributed by atoms with E-state index in [9.17, 15) is 24.9 Å². The molecule has 6 nitrogen and oxygen atoms in total. The van der Waals surface area contributed by atoms with Crippen molar-refractivity contribution in [3.05, 3.63) is 0 Å². The zero-order valence-electron chi connectivity index (χ0n) is 11.3. The van der Waals surface area contributed by atoms with Crippen LogP contribution in [0, 0.1) is 5.41 Å². The van der Waals surface area contributed by atoms with Gasteiger partial charge >= 0.3 is 12.1 Å². The number of aliphatic hydroxyl groups is 1. The van der Waals surface area contributed by atoms with Gasteiger partial charge in [0.2, 0.25) is 0 Å². The predicted molar refractivity (Wildman–Crippen MR) is 64.1 cm³/mol. The Kier molecular flexibility index (Phi) is 3.49. The molecule has 0 saturated carbocycles. The van der Waals surface area contributed by atoms with Crippen LogP contribution in [0.15, 0.2) is 0 Å². The first-order chi connectivity index (χ1) is 7.97. The summed E-state index contributed by atoms with van der Waals surface area (Å²) >= 11 is 0. The van der Waals surface area contributed by atoms with Crippen LogP contribution in [0.3, 0.4) is 0 Å². The molecule has 0 aromatic rings. The summed E-state index contributed by atoms with van der Waals surface area (Å²) < 4.78 is -0.340. The first kappa shape index (κ1) is 14.9. The third-order valence-electron chi connectivity index (χ3n) is 4.26. The Morgan fingerprint density at radius 3 is 2.11 bits per heavy atom. The van der Waals surface area contributed by atoms with Gasteiger partial charge in [-0.1, -0.05) is 0 Å². The Bertz CT molecular complexity index is 375. The molecule has 3 unspecified atom stereocenters. The first-order valence-corrected chi connectivity index (χ1v) is 5.99. The summed E-state index contributed by atoms with van der Waals surface area (Å²) in [5.74, 6) is -1.15. The molecule has 0 aliphatic carbocycles. The number of nitrogens with zero attached hydrogens (tertiary/aromatic N) is 1. The molecule has 1 aliphatic rings. The Morgan fingerprint density at radius 2 is 1.78 bits per heavy atom. The van der Waals surface area contributed by atoms with Crippen LogP contribution in [0.2, 0.25) is 0 Å². The van der Waals surface area contributed by atoms with E-state index in [2.05, 4.69) is 0 Å². The SMILES string of the molecule is CC1(C(=O)O)C[N+](C(=O)O)(C(C)(C)C)CCC1O. The lowest BCUT2D eigenvalue weighted by Crippen LogP contribution is -2.72. The quantitative estimate of drug-likeness (QED) is 0.614. The van der Waals surface area contributed by atoms with Crippen molar-refractivity contribution >= 4 is 12.1 Å². The van der Waals surface area contributed by atoms with Crippen LogP contribution in [-0.2, 0) is 4.79 Å². The van der Waals surface area contributed by atoms with Gasteiger partial charge in [0.1, 0.15) is 17.5 Å². The van der Waals surface area contributed by atoms with Gasteiger partial charge in [0, 0.05) is 6.42 Å². The van der Waals surface area contributed by atoms with Crippen LogP contribution >= 0.6 is 0 Å². The highest BCUT2D eigenvalue weighted by atomic mass is 16.4. The van der Waals surface area contributed by atoms with Gasteiger partial charge in [-0.2, -0.15) is 4.79 Å². The minimum absolute atomic E-state index is 0.109. The second-order valence-electron chi connectivity index (χ2n) is 6.33. The third kappa shape index (κ3) is 1.99. The lowest BCUT2D eigenvalue weighted by atomic mass is 9.76. The van der Waals surface area contributed by atoms with E-state index in [0.717, 1.165) is 0 Å². The number of hydrogen-bond donors (Lipinski definition) is 3. The van der Waals surface area contributed by atoms with Crippen molar-refractivity contribution in [3.8, 4) is 0 Å². The van der Waals surface area contributed by atoms with Crippen LogP contribution in [0.25, 0.3) is 0 Å². The maximum atomic E-state index is 11.6. The van der Waals surface area contributed by atoms with Gasteiger partial charge in [-0.05, 0) is 27.7 Å². The lowest BCUT2D eigenvalue weighted by molar-refractivity contribution is -0.914. The normalized spacial score (nSPS) is 37.3. The van der Waals surface area contributed by atoms with Crippen LogP contribution < -0.4 is 0 Å². The number of carboxylic acid groups (broad SMARTS) is 2. The molecule has 0 aromatic heterocycles. The van der Waals surface area contributed by atoms with E-state index in [4.69, 9.17) is 0 Å². The molecule has 0 bridgehead atoms. The van der Waals surface area contributed by atoms with Gasteiger partial charge in [0.25, 0.3) is 0 Å². The molecule has 1 rings (SSSR count). The number of hydrogen-bond acceptors (Lipinski definition) is 3. The number of aliphatic carboxylic acids is 1. The minimum atomic E-state index is -1.43. The standard InChI is InChI=1S/C12H21NO5/c1-11(2,3)13(10(17)18)6-5-8(14)12(4,7-13)9(15)16/h8,14H,5-7H2,1-4H3,(H-,15,16,17,18)/p+1. The van der Waals surface area contributed by atoms with E-state index in [1.54, 1.807) is 20.8 Å². The smallest absolute Gasteiger partial charge is 0.481 e. The summed E-state index contributed by atoms with van der Waals surface area (Å²) in [5, 5.41) is 28.7. The molecule has 3 N–H and O–H groups in total. The number of carboxylic acids is 1. The van der Waals surface area contributed by atoms with Gasteiger partial charge in [-0.15, -0.1) is 0 Å². The molecule has 0 radical (unpaired) electrons. The molecule has 0 spiro atoms. The second-order valence-corrected chi connectivity index (χ2v) is 6.33. The molecule has 1 saturated heterocycles. The lowest BCUT2D eigenvalue weighted by Gasteiger charge is -2.51. The predicted octanol–water partition coefficient (Wildman–Crippen LogP) is 1.14. The summed E-state index contributed by atoms with van der Waals surface area (Å²) in [5.41, 5.74) is -2.05. The average molecular weight is 260 g/mol. The van der Waals surface area contributed by atoms with Crippen LogP contribution in [-0.4, -0.2) is 56.6 Å². The van der Waals surface area contributed by atoms with Crippen molar-refractivity contribution in [3.63, 3.8) is 0 Å². The Labute approximate surface area is 106 Å². The number of carbonyl (C=O) groups is 2. The van der Waals surface area contributed by atoms with E-state index in [1.807, 2.05) is 0 Å². The van der Waals surface area contributed by atoms with Crippen LogP contribution in [0.4, 0.5) is 4.79 Å². The van der Waals surface area contributed by atoms with E-state index >= 15 is 0 Å². The van der Waals surface area contributed by atoms with E-state index in [1.165, 1.54) is 6.92 Å². The van der Waals surface area contributed by atoms with Crippen molar-refractivity contribution in [2.24, 2.45) is 5.41 Å². The van der Waals surface area contributed by atoms with Gasteiger partial charge in [0.15, 0.2) is 0 Å². The van der Waals surface area contributed by atoms with E-state index in [-0.39, 0.29) is 24.0 Å². The monoisotopic (exact) mass is 260 g/mol. The summed E-state index contributed by atoms with van der Waals surface area (Å²) in [7, 11) is 0. The van der Waals surface area contributed by atoms with Crippen molar-refractivity contribution in [1.29, 1.82) is 0 Å². The third-order valence-corrected chi connectivity index (χ3v) is 4.26. The molecular formula is C12H22NO5+. The zero-order valence-corrected chi connectivity index (χ0v) is 11.3. The maximum Gasteiger partial charge on any atom is 0.514 e. The molecular weight excluding hydrogens is 238 g/mol. The van der Waals surface area contributed by atoms with Crippen molar-refractivity contribution in [2.45, 2.75) is 45.8 Å². The fourth-order valence-electron chi connectivity index (χ4n) is 2.64. The van der Waals surface area contributed by atoms with Gasteiger partial charge in [-0.3, -0.25) is 4.79 Å². The molecule has 6 heteroatoms. The molecule has 0 aromatic carbocycles. The minimum Gasteiger partial charge on any atom is -0.481 e. The number of amides is 1. The van der Waals surface area contributed by atoms with Crippen molar-refractivity contribution < 1.29 is 29.4 Å². The molecule has 3 atom stereocenters. The molecule has 1 heterocycles.